The number of aliphatic carboxylic acids is 1. The van der Waals surface area contributed by atoms with Gasteiger partial charge in [-0.25, -0.2) is 0 Å². The highest BCUT2D eigenvalue weighted by Gasteiger charge is 2.20. The topological polar surface area (TPSA) is 37.3 Å². The fourth-order valence-electron chi connectivity index (χ4n) is 1.82. The molecule has 2 rings (SSSR count). The molecule has 0 amide bonds. The van der Waals surface area contributed by atoms with Gasteiger partial charge in [-0.05, 0) is 40.9 Å². The van der Waals surface area contributed by atoms with Crippen LogP contribution in [0.1, 0.15) is 24.8 Å². The molecule has 0 radical (unpaired) electrons. The van der Waals surface area contributed by atoms with Crippen LogP contribution >= 0.6 is 27.3 Å². The summed E-state index contributed by atoms with van der Waals surface area (Å²) in [5.74, 6) is -1.15. The molecule has 0 aliphatic rings. The third kappa shape index (κ3) is 1.99. The van der Waals surface area contributed by atoms with Crippen LogP contribution in [-0.4, -0.2) is 11.1 Å². The van der Waals surface area contributed by atoms with Gasteiger partial charge in [-0.2, -0.15) is 0 Å². The van der Waals surface area contributed by atoms with E-state index in [1.807, 2.05) is 30.5 Å². The van der Waals surface area contributed by atoms with Gasteiger partial charge in [0.1, 0.15) is 0 Å². The molecule has 0 spiro atoms. The Morgan fingerprint density at radius 2 is 2.31 bits per heavy atom. The van der Waals surface area contributed by atoms with Crippen molar-refractivity contribution in [2.45, 2.75) is 19.3 Å². The lowest BCUT2D eigenvalue weighted by Crippen LogP contribution is -2.09. The van der Waals surface area contributed by atoms with E-state index in [1.165, 1.54) is 0 Å². The minimum Gasteiger partial charge on any atom is -0.481 e. The lowest BCUT2D eigenvalue weighted by Gasteiger charge is -2.08. The summed E-state index contributed by atoms with van der Waals surface area (Å²) in [7, 11) is 0. The number of carboxylic acids is 1. The van der Waals surface area contributed by atoms with E-state index in [1.54, 1.807) is 11.3 Å². The summed E-state index contributed by atoms with van der Waals surface area (Å²) in [4.78, 5) is 11.2. The standard InChI is InChI=1S/C12H11BrO2S/c1-2-8(12(14)15)10-6-16-11-4-3-7(13)5-9(10)11/h3-6,8H,2H2,1H3,(H,14,15). The molecule has 0 saturated heterocycles. The van der Waals surface area contributed by atoms with Crippen molar-refractivity contribution in [2.75, 3.05) is 0 Å². The van der Waals surface area contributed by atoms with Gasteiger partial charge in [0, 0.05) is 9.17 Å². The Labute approximate surface area is 106 Å². The normalized spacial score (nSPS) is 12.9. The first-order chi connectivity index (χ1) is 7.63. The van der Waals surface area contributed by atoms with Crippen molar-refractivity contribution in [3.05, 3.63) is 33.6 Å². The number of fused-ring (bicyclic) bond motifs is 1. The van der Waals surface area contributed by atoms with Gasteiger partial charge in [0.15, 0.2) is 0 Å². The van der Waals surface area contributed by atoms with Crippen molar-refractivity contribution in [2.24, 2.45) is 0 Å². The fraction of sp³-hybridized carbons (Fsp3) is 0.250. The number of benzene rings is 1. The number of carbonyl (C=O) groups is 1. The van der Waals surface area contributed by atoms with Gasteiger partial charge in [0.05, 0.1) is 5.92 Å². The summed E-state index contributed by atoms with van der Waals surface area (Å²) >= 11 is 5.02. The maximum absolute atomic E-state index is 11.2. The number of hydrogen-bond donors (Lipinski definition) is 1. The van der Waals surface area contributed by atoms with Crippen molar-refractivity contribution in [3.8, 4) is 0 Å². The van der Waals surface area contributed by atoms with Gasteiger partial charge in [-0.3, -0.25) is 4.79 Å². The third-order valence-electron chi connectivity index (χ3n) is 2.65. The maximum Gasteiger partial charge on any atom is 0.311 e. The SMILES string of the molecule is CCC(C(=O)O)c1csc2ccc(Br)cc12. The van der Waals surface area contributed by atoms with Gasteiger partial charge >= 0.3 is 5.97 Å². The van der Waals surface area contributed by atoms with Crippen LogP contribution in [0.5, 0.6) is 0 Å². The monoisotopic (exact) mass is 298 g/mol. The van der Waals surface area contributed by atoms with E-state index in [0.29, 0.717) is 6.42 Å². The second-order valence-electron chi connectivity index (χ2n) is 3.63. The summed E-state index contributed by atoms with van der Waals surface area (Å²) in [5, 5.41) is 12.2. The molecular formula is C12H11BrO2S. The fourth-order valence-corrected chi connectivity index (χ4v) is 3.18. The largest absolute Gasteiger partial charge is 0.481 e. The summed E-state index contributed by atoms with van der Waals surface area (Å²) in [5.41, 5.74) is 0.927. The van der Waals surface area contributed by atoms with Crippen molar-refractivity contribution in [1.82, 2.24) is 0 Å². The smallest absolute Gasteiger partial charge is 0.311 e. The van der Waals surface area contributed by atoms with Crippen molar-refractivity contribution >= 4 is 43.3 Å². The quantitative estimate of drug-likeness (QED) is 0.920. The van der Waals surface area contributed by atoms with Gasteiger partial charge < -0.3 is 5.11 Å². The average Bonchev–Trinajstić information content (AvgIpc) is 2.62. The van der Waals surface area contributed by atoms with Crippen LogP contribution in [0.25, 0.3) is 10.1 Å². The van der Waals surface area contributed by atoms with Gasteiger partial charge in [-0.1, -0.05) is 22.9 Å². The third-order valence-corrected chi connectivity index (χ3v) is 4.12. The van der Waals surface area contributed by atoms with E-state index in [0.717, 1.165) is 20.1 Å². The number of rotatable bonds is 3. The van der Waals surface area contributed by atoms with Crippen molar-refractivity contribution < 1.29 is 9.90 Å². The molecule has 1 aromatic carbocycles. The van der Waals surface area contributed by atoms with E-state index in [4.69, 9.17) is 5.11 Å². The van der Waals surface area contributed by atoms with Crippen LogP contribution in [0.15, 0.2) is 28.1 Å². The number of carboxylic acid groups (broad SMARTS) is 1. The lowest BCUT2D eigenvalue weighted by molar-refractivity contribution is -0.138. The summed E-state index contributed by atoms with van der Waals surface area (Å²) in [6.45, 7) is 1.90. The first kappa shape index (κ1) is 11.6. The van der Waals surface area contributed by atoms with Crippen LogP contribution < -0.4 is 0 Å². The van der Waals surface area contributed by atoms with Crippen LogP contribution in [0.3, 0.4) is 0 Å². The molecule has 0 fully saturated rings. The summed E-state index contributed by atoms with van der Waals surface area (Å²) < 4.78 is 2.12. The van der Waals surface area contributed by atoms with E-state index in [-0.39, 0.29) is 0 Å². The van der Waals surface area contributed by atoms with E-state index < -0.39 is 11.9 Å². The highest BCUT2D eigenvalue weighted by Crippen LogP contribution is 2.34. The molecule has 16 heavy (non-hydrogen) atoms. The zero-order valence-electron chi connectivity index (χ0n) is 8.74. The van der Waals surface area contributed by atoms with Crippen LogP contribution in [-0.2, 0) is 4.79 Å². The summed E-state index contributed by atoms with van der Waals surface area (Å²) in [6.07, 6.45) is 0.619. The Hall–Kier alpha value is -0.870. The zero-order valence-corrected chi connectivity index (χ0v) is 11.1. The van der Waals surface area contributed by atoms with Crippen LogP contribution in [0, 0.1) is 0 Å². The van der Waals surface area contributed by atoms with Crippen LogP contribution in [0.2, 0.25) is 0 Å². The Balaban J connectivity index is 2.59. The van der Waals surface area contributed by atoms with E-state index in [9.17, 15) is 4.79 Å². The van der Waals surface area contributed by atoms with Gasteiger partial charge in [0.25, 0.3) is 0 Å². The second-order valence-corrected chi connectivity index (χ2v) is 5.46. The molecule has 4 heteroatoms. The maximum atomic E-state index is 11.2. The Morgan fingerprint density at radius 3 is 2.94 bits per heavy atom. The van der Waals surface area contributed by atoms with E-state index in [2.05, 4.69) is 15.9 Å². The Kier molecular flexibility index (Phi) is 3.30. The molecule has 0 aliphatic heterocycles. The molecule has 1 heterocycles. The molecule has 84 valence electrons. The molecule has 1 N–H and O–H groups in total. The molecule has 1 unspecified atom stereocenters. The highest BCUT2D eigenvalue weighted by molar-refractivity contribution is 9.10. The Morgan fingerprint density at radius 1 is 1.56 bits per heavy atom. The number of hydrogen-bond acceptors (Lipinski definition) is 2. The molecule has 0 saturated carbocycles. The summed E-state index contributed by atoms with van der Waals surface area (Å²) in [6, 6.07) is 5.99. The first-order valence-corrected chi connectivity index (χ1v) is 6.70. The minimum absolute atomic E-state index is 0.400. The zero-order chi connectivity index (χ0) is 11.7. The number of halogens is 1. The molecule has 0 aliphatic carbocycles. The molecule has 1 atom stereocenters. The van der Waals surface area contributed by atoms with E-state index >= 15 is 0 Å². The van der Waals surface area contributed by atoms with Crippen LogP contribution in [0.4, 0.5) is 0 Å². The molecule has 0 bridgehead atoms. The predicted molar refractivity (Wildman–Crippen MR) is 70.2 cm³/mol. The minimum atomic E-state index is -0.748. The molecular weight excluding hydrogens is 288 g/mol. The van der Waals surface area contributed by atoms with Crippen molar-refractivity contribution in [3.63, 3.8) is 0 Å². The lowest BCUT2D eigenvalue weighted by atomic mass is 9.96. The molecule has 2 aromatic rings. The Bertz CT molecular complexity index is 533. The van der Waals surface area contributed by atoms with Gasteiger partial charge in [-0.15, -0.1) is 11.3 Å². The first-order valence-electron chi connectivity index (χ1n) is 5.03. The predicted octanol–water partition coefficient (Wildman–Crippen LogP) is 4.24. The molecule has 1 aromatic heterocycles. The van der Waals surface area contributed by atoms with Crippen molar-refractivity contribution in [1.29, 1.82) is 0 Å². The molecule has 2 nitrogen and oxygen atoms in total. The van der Waals surface area contributed by atoms with Gasteiger partial charge in [0.2, 0.25) is 0 Å². The average molecular weight is 299 g/mol. The second kappa shape index (κ2) is 4.55. The number of thiophene rings is 1. The highest BCUT2D eigenvalue weighted by atomic mass is 79.9.